The van der Waals surface area contributed by atoms with Crippen molar-refractivity contribution in [3.63, 3.8) is 0 Å². The fourth-order valence-electron chi connectivity index (χ4n) is 4.46. The van der Waals surface area contributed by atoms with Gasteiger partial charge in [-0.05, 0) is 56.2 Å². The summed E-state index contributed by atoms with van der Waals surface area (Å²) in [6.45, 7) is 2.74. The lowest BCUT2D eigenvalue weighted by atomic mass is 10.1. The van der Waals surface area contributed by atoms with Crippen molar-refractivity contribution in [2.45, 2.75) is 37.5 Å². The number of anilines is 2. The van der Waals surface area contributed by atoms with Crippen molar-refractivity contribution in [2.75, 3.05) is 36.4 Å². The number of aryl methyl sites for hydroxylation is 1. The molecule has 1 aliphatic rings. The number of carbonyl (C=O) groups excluding carboxylic acids is 2. The van der Waals surface area contributed by atoms with Crippen molar-refractivity contribution in [1.29, 1.82) is 0 Å². The van der Waals surface area contributed by atoms with Gasteiger partial charge in [0, 0.05) is 19.2 Å². The van der Waals surface area contributed by atoms with E-state index >= 15 is 0 Å². The lowest BCUT2D eigenvalue weighted by Crippen LogP contribution is -2.38. The third-order valence-electron chi connectivity index (χ3n) is 6.56. The Bertz CT molecular complexity index is 1380. The second-order valence-electron chi connectivity index (χ2n) is 9.33. The van der Waals surface area contributed by atoms with Gasteiger partial charge in [-0.3, -0.25) is 13.9 Å². The van der Waals surface area contributed by atoms with E-state index in [1.807, 2.05) is 11.8 Å². The number of rotatable bonds is 8. The van der Waals surface area contributed by atoms with Gasteiger partial charge < -0.3 is 15.0 Å². The molecule has 0 aromatic heterocycles. The van der Waals surface area contributed by atoms with Crippen LogP contribution in [0.15, 0.2) is 77.7 Å². The number of hydrogen-bond acceptors (Lipinski definition) is 5. The Morgan fingerprint density at radius 3 is 2.29 bits per heavy atom. The normalized spacial score (nSPS) is 13.9. The molecule has 8 nitrogen and oxygen atoms in total. The topological polar surface area (TPSA) is 96.0 Å². The SMILES string of the molecule is COc1cccc(N(CC(=O)Nc2ccccc2C(=O)N2CCCCCC2)S(=O)(=O)c2ccc(C)cc2)c1. The first-order valence-electron chi connectivity index (χ1n) is 12.7. The maximum absolute atomic E-state index is 13.7. The number of benzene rings is 3. The second-order valence-corrected chi connectivity index (χ2v) is 11.2. The highest BCUT2D eigenvalue weighted by Gasteiger charge is 2.28. The zero-order valence-corrected chi connectivity index (χ0v) is 22.5. The summed E-state index contributed by atoms with van der Waals surface area (Å²) in [4.78, 5) is 28.5. The third kappa shape index (κ3) is 6.34. The molecule has 1 saturated heterocycles. The van der Waals surface area contributed by atoms with Crippen molar-refractivity contribution >= 4 is 33.2 Å². The fourth-order valence-corrected chi connectivity index (χ4v) is 5.87. The van der Waals surface area contributed by atoms with Gasteiger partial charge in [0.25, 0.3) is 15.9 Å². The number of likely N-dealkylation sites (tertiary alicyclic amines) is 1. The summed E-state index contributed by atoms with van der Waals surface area (Å²) in [5.74, 6) is -0.250. The van der Waals surface area contributed by atoms with E-state index in [2.05, 4.69) is 5.32 Å². The molecule has 4 rings (SSSR count). The standard InChI is InChI=1S/C29H33N3O5S/c1-22-14-16-25(17-15-22)38(35,36)32(23-10-9-11-24(20-23)37-2)21-28(33)30-27-13-6-5-12-26(27)29(34)31-18-7-3-4-8-19-31/h5-6,9-17,20H,3-4,7-8,18-19,21H2,1-2H3,(H,30,33). The maximum atomic E-state index is 13.7. The smallest absolute Gasteiger partial charge is 0.264 e. The number of sulfonamides is 1. The quantitative estimate of drug-likeness (QED) is 0.445. The van der Waals surface area contributed by atoms with E-state index in [9.17, 15) is 18.0 Å². The average molecular weight is 536 g/mol. The molecular weight excluding hydrogens is 502 g/mol. The minimum Gasteiger partial charge on any atom is -0.497 e. The van der Waals surface area contributed by atoms with Gasteiger partial charge in [-0.15, -0.1) is 0 Å². The number of amides is 2. The first-order chi connectivity index (χ1) is 18.3. The molecule has 9 heteroatoms. The average Bonchev–Trinajstić information content (AvgIpc) is 3.22. The molecule has 2 amide bonds. The van der Waals surface area contributed by atoms with Gasteiger partial charge in [0.2, 0.25) is 5.91 Å². The molecule has 0 radical (unpaired) electrons. The Balaban J connectivity index is 1.62. The zero-order valence-electron chi connectivity index (χ0n) is 21.7. The highest BCUT2D eigenvalue weighted by Crippen LogP contribution is 2.28. The zero-order chi connectivity index (χ0) is 27.1. The van der Waals surface area contributed by atoms with Crippen LogP contribution in [0.4, 0.5) is 11.4 Å². The first-order valence-corrected chi connectivity index (χ1v) is 14.2. The monoisotopic (exact) mass is 535 g/mol. The number of methoxy groups -OCH3 is 1. The van der Waals surface area contributed by atoms with Crippen molar-refractivity contribution in [3.05, 3.63) is 83.9 Å². The fraction of sp³-hybridized carbons (Fsp3) is 0.310. The van der Waals surface area contributed by atoms with Gasteiger partial charge in [-0.1, -0.05) is 48.7 Å². The van der Waals surface area contributed by atoms with Gasteiger partial charge in [0.1, 0.15) is 12.3 Å². The largest absolute Gasteiger partial charge is 0.497 e. The molecule has 1 aliphatic heterocycles. The number of nitrogens with one attached hydrogen (secondary N) is 1. The molecule has 1 fully saturated rings. The lowest BCUT2D eigenvalue weighted by Gasteiger charge is -2.25. The molecule has 1 N–H and O–H groups in total. The Hall–Kier alpha value is -3.85. The maximum Gasteiger partial charge on any atom is 0.264 e. The molecule has 3 aromatic rings. The number of carbonyl (C=O) groups is 2. The summed E-state index contributed by atoms with van der Waals surface area (Å²) in [5, 5.41) is 2.78. The van der Waals surface area contributed by atoms with Gasteiger partial charge in [-0.2, -0.15) is 0 Å². The summed E-state index contributed by atoms with van der Waals surface area (Å²) in [6, 6.07) is 19.8. The van der Waals surface area contributed by atoms with Gasteiger partial charge in [0.05, 0.1) is 28.9 Å². The van der Waals surface area contributed by atoms with E-state index in [0.29, 0.717) is 30.1 Å². The molecule has 0 aliphatic carbocycles. The van der Waals surface area contributed by atoms with Crippen LogP contribution in [0.2, 0.25) is 0 Å². The van der Waals surface area contributed by atoms with Crippen molar-refractivity contribution < 1.29 is 22.7 Å². The Morgan fingerprint density at radius 2 is 1.61 bits per heavy atom. The minimum atomic E-state index is -4.09. The highest BCUT2D eigenvalue weighted by molar-refractivity contribution is 7.92. The molecule has 0 saturated carbocycles. The second kappa shape index (κ2) is 12.1. The van der Waals surface area contributed by atoms with Crippen LogP contribution in [-0.4, -0.2) is 51.9 Å². The van der Waals surface area contributed by atoms with Crippen LogP contribution < -0.4 is 14.4 Å². The molecule has 38 heavy (non-hydrogen) atoms. The van der Waals surface area contributed by atoms with Crippen LogP contribution in [0, 0.1) is 6.92 Å². The minimum absolute atomic E-state index is 0.0652. The number of nitrogens with zero attached hydrogens (tertiary/aromatic N) is 2. The Morgan fingerprint density at radius 1 is 0.921 bits per heavy atom. The number of para-hydroxylation sites is 1. The predicted octanol–water partition coefficient (Wildman–Crippen LogP) is 4.85. The molecular formula is C29H33N3O5S. The van der Waals surface area contributed by atoms with E-state index < -0.39 is 22.5 Å². The highest BCUT2D eigenvalue weighted by atomic mass is 32.2. The van der Waals surface area contributed by atoms with E-state index in [1.54, 1.807) is 60.7 Å². The summed E-state index contributed by atoms with van der Waals surface area (Å²) < 4.78 is 33.7. The summed E-state index contributed by atoms with van der Waals surface area (Å²) >= 11 is 0. The number of hydrogen-bond donors (Lipinski definition) is 1. The van der Waals surface area contributed by atoms with Crippen LogP contribution in [0.5, 0.6) is 5.75 Å². The van der Waals surface area contributed by atoms with E-state index in [1.165, 1.54) is 19.2 Å². The van der Waals surface area contributed by atoms with E-state index in [-0.39, 0.29) is 16.5 Å². The van der Waals surface area contributed by atoms with Gasteiger partial charge in [-0.25, -0.2) is 8.42 Å². The number of ether oxygens (including phenoxy) is 1. The van der Waals surface area contributed by atoms with E-state index in [0.717, 1.165) is 35.6 Å². The van der Waals surface area contributed by atoms with Gasteiger partial charge >= 0.3 is 0 Å². The summed E-state index contributed by atoms with van der Waals surface area (Å²) in [5.41, 5.74) is 1.94. The molecule has 0 atom stereocenters. The molecule has 0 spiro atoms. The predicted molar refractivity (Wildman–Crippen MR) is 148 cm³/mol. The van der Waals surface area contributed by atoms with Crippen LogP contribution in [0.25, 0.3) is 0 Å². The molecule has 1 heterocycles. The summed E-state index contributed by atoms with van der Waals surface area (Å²) in [7, 11) is -2.60. The first kappa shape index (κ1) is 27.2. The molecule has 200 valence electrons. The van der Waals surface area contributed by atoms with Gasteiger partial charge in [0.15, 0.2) is 0 Å². The van der Waals surface area contributed by atoms with Crippen LogP contribution in [0.3, 0.4) is 0 Å². The van der Waals surface area contributed by atoms with Crippen LogP contribution in [0.1, 0.15) is 41.6 Å². The lowest BCUT2D eigenvalue weighted by molar-refractivity contribution is -0.114. The van der Waals surface area contributed by atoms with Crippen LogP contribution in [-0.2, 0) is 14.8 Å². The Labute approximate surface area is 224 Å². The van der Waals surface area contributed by atoms with Crippen molar-refractivity contribution in [1.82, 2.24) is 4.90 Å². The third-order valence-corrected chi connectivity index (χ3v) is 8.35. The van der Waals surface area contributed by atoms with Crippen molar-refractivity contribution in [3.8, 4) is 5.75 Å². The van der Waals surface area contributed by atoms with E-state index in [4.69, 9.17) is 4.74 Å². The Kier molecular flexibility index (Phi) is 8.68. The van der Waals surface area contributed by atoms with Crippen molar-refractivity contribution in [2.24, 2.45) is 0 Å². The summed E-state index contributed by atoms with van der Waals surface area (Å²) in [6.07, 6.45) is 4.09. The molecule has 0 unspecified atom stereocenters. The molecule has 3 aromatic carbocycles. The molecule has 0 bridgehead atoms. The van der Waals surface area contributed by atoms with Crippen LogP contribution >= 0.6 is 0 Å².